The minimum Gasteiger partial charge on any atom is -0.497 e. The monoisotopic (exact) mass is 390 g/mol. The van der Waals surface area contributed by atoms with Crippen LogP contribution < -0.4 is 15.4 Å². The summed E-state index contributed by atoms with van der Waals surface area (Å²) in [5, 5.41) is 6.13. The number of methoxy groups -OCH3 is 1. The van der Waals surface area contributed by atoms with Gasteiger partial charge in [0.15, 0.2) is 0 Å². The number of rotatable bonds is 9. The molecule has 0 radical (unpaired) electrons. The average Bonchev–Trinajstić information content (AvgIpc) is 2.74. The van der Waals surface area contributed by atoms with Gasteiger partial charge in [0.1, 0.15) is 11.4 Å². The van der Waals surface area contributed by atoms with Gasteiger partial charge < -0.3 is 15.4 Å². The third-order valence-corrected chi connectivity index (χ3v) is 4.48. The third-order valence-electron chi connectivity index (χ3n) is 4.48. The van der Waals surface area contributed by atoms with Crippen LogP contribution in [-0.4, -0.2) is 36.1 Å². The summed E-state index contributed by atoms with van der Waals surface area (Å²) in [5.41, 5.74) is 3.50. The molecule has 0 aliphatic rings. The van der Waals surface area contributed by atoms with Gasteiger partial charge in [0, 0.05) is 18.8 Å². The Kier molecular flexibility index (Phi) is 7.16. The van der Waals surface area contributed by atoms with E-state index in [4.69, 9.17) is 4.74 Å². The van der Waals surface area contributed by atoms with E-state index in [9.17, 15) is 4.79 Å². The maximum absolute atomic E-state index is 12.5. The van der Waals surface area contributed by atoms with Crippen LogP contribution in [0.4, 0.5) is 5.95 Å². The number of anilines is 1. The molecule has 150 valence electrons. The molecule has 3 aromatic rings. The highest BCUT2D eigenvalue weighted by molar-refractivity contribution is 5.92. The van der Waals surface area contributed by atoms with Crippen molar-refractivity contribution in [2.45, 2.75) is 19.8 Å². The van der Waals surface area contributed by atoms with Crippen molar-refractivity contribution in [3.8, 4) is 5.75 Å². The Labute approximate surface area is 171 Å². The molecule has 1 amide bonds. The minimum absolute atomic E-state index is 0.190. The van der Waals surface area contributed by atoms with Crippen molar-refractivity contribution in [3.05, 3.63) is 83.2 Å². The average molecular weight is 390 g/mol. The zero-order valence-corrected chi connectivity index (χ0v) is 16.8. The van der Waals surface area contributed by atoms with Crippen molar-refractivity contribution in [3.63, 3.8) is 0 Å². The van der Waals surface area contributed by atoms with Crippen molar-refractivity contribution in [1.29, 1.82) is 0 Å². The van der Waals surface area contributed by atoms with Crippen LogP contribution >= 0.6 is 0 Å². The number of aryl methyl sites for hydroxylation is 1. The van der Waals surface area contributed by atoms with Crippen LogP contribution in [0.5, 0.6) is 5.75 Å². The molecule has 0 aliphatic carbocycles. The van der Waals surface area contributed by atoms with Crippen LogP contribution in [0.1, 0.15) is 27.3 Å². The zero-order chi connectivity index (χ0) is 20.5. The predicted molar refractivity (Wildman–Crippen MR) is 114 cm³/mol. The van der Waals surface area contributed by atoms with E-state index in [1.807, 2.05) is 61.5 Å². The molecular weight excluding hydrogens is 364 g/mol. The van der Waals surface area contributed by atoms with Gasteiger partial charge in [-0.05, 0) is 49.1 Å². The highest BCUT2D eigenvalue weighted by Gasteiger charge is 2.10. The van der Waals surface area contributed by atoms with Crippen molar-refractivity contribution in [1.82, 2.24) is 15.3 Å². The summed E-state index contributed by atoms with van der Waals surface area (Å²) in [6, 6.07) is 19.7. The topological polar surface area (TPSA) is 76.1 Å². The smallest absolute Gasteiger partial charge is 0.270 e. The molecule has 0 saturated carbocycles. The molecular formula is C23H26N4O2. The van der Waals surface area contributed by atoms with Crippen LogP contribution in [-0.2, 0) is 12.8 Å². The standard InChI is InChI=1S/C23H26N4O2/c1-17-16-21(22(28)24-14-12-18-6-4-3-5-7-18)27-23(26-17)25-15-13-19-8-10-20(29-2)11-9-19/h3-11,16H,12-15H2,1-2H3,(H,24,28)(H,25,26,27). The van der Waals surface area contributed by atoms with Gasteiger partial charge in [-0.15, -0.1) is 0 Å². The molecule has 6 nitrogen and oxygen atoms in total. The fourth-order valence-corrected chi connectivity index (χ4v) is 2.93. The molecule has 0 saturated heterocycles. The lowest BCUT2D eigenvalue weighted by Crippen LogP contribution is -2.27. The number of benzene rings is 2. The summed E-state index contributed by atoms with van der Waals surface area (Å²) in [7, 11) is 1.65. The molecule has 0 unspecified atom stereocenters. The molecule has 1 aromatic heterocycles. The van der Waals surface area contributed by atoms with Crippen LogP contribution in [0.2, 0.25) is 0 Å². The summed E-state index contributed by atoms with van der Waals surface area (Å²) >= 11 is 0. The molecule has 0 fully saturated rings. The Bertz CT molecular complexity index is 927. The lowest BCUT2D eigenvalue weighted by atomic mass is 10.1. The number of carbonyl (C=O) groups is 1. The largest absolute Gasteiger partial charge is 0.497 e. The van der Waals surface area contributed by atoms with Gasteiger partial charge in [0.05, 0.1) is 7.11 Å². The van der Waals surface area contributed by atoms with Crippen LogP contribution in [0, 0.1) is 6.92 Å². The first kappa shape index (κ1) is 20.3. The number of ether oxygens (including phenoxy) is 1. The van der Waals surface area contributed by atoms with Crippen molar-refractivity contribution < 1.29 is 9.53 Å². The third kappa shape index (κ3) is 6.31. The lowest BCUT2D eigenvalue weighted by Gasteiger charge is -2.09. The zero-order valence-electron chi connectivity index (χ0n) is 16.8. The summed E-state index contributed by atoms with van der Waals surface area (Å²) in [6.45, 7) is 3.09. The van der Waals surface area contributed by atoms with Crippen molar-refractivity contribution in [2.24, 2.45) is 0 Å². The highest BCUT2D eigenvalue weighted by Crippen LogP contribution is 2.12. The summed E-state index contributed by atoms with van der Waals surface area (Å²) in [5.74, 6) is 1.11. The molecule has 0 bridgehead atoms. The van der Waals surface area contributed by atoms with E-state index in [0.29, 0.717) is 24.7 Å². The van der Waals surface area contributed by atoms with Gasteiger partial charge in [-0.25, -0.2) is 9.97 Å². The predicted octanol–water partition coefficient (Wildman–Crippen LogP) is 3.42. The molecule has 0 aliphatic heterocycles. The Morgan fingerprint density at radius 2 is 1.62 bits per heavy atom. The van der Waals surface area contributed by atoms with E-state index in [0.717, 1.165) is 24.3 Å². The Hall–Kier alpha value is -3.41. The van der Waals surface area contributed by atoms with Crippen LogP contribution in [0.15, 0.2) is 60.7 Å². The Morgan fingerprint density at radius 1 is 0.931 bits per heavy atom. The molecule has 2 N–H and O–H groups in total. The molecule has 3 rings (SSSR count). The highest BCUT2D eigenvalue weighted by atomic mass is 16.5. The van der Waals surface area contributed by atoms with Gasteiger partial charge in [-0.1, -0.05) is 42.5 Å². The van der Waals surface area contributed by atoms with Crippen molar-refractivity contribution >= 4 is 11.9 Å². The normalized spacial score (nSPS) is 10.4. The molecule has 29 heavy (non-hydrogen) atoms. The number of nitrogens with one attached hydrogen (secondary N) is 2. The summed E-state index contributed by atoms with van der Waals surface area (Å²) < 4.78 is 5.17. The van der Waals surface area contributed by atoms with E-state index in [2.05, 4.69) is 20.6 Å². The van der Waals surface area contributed by atoms with Gasteiger partial charge in [-0.2, -0.15) is 0 Å². The van der Waals surface area contributed by atoms with Crippen molar-refractivity contribution in [2.75, 3.05) is 25.5 Å². The fourth-order valence-electron chi connectivity index (χ4n) is 2.93. The van der Waals surface area contributed by atoms with Gasteiger partial charge in [0.25, 0.3) is 5.91 Å². The molecule has 0 atom stereocenters. The van der Waals surface area contributed by atoms with E-state index >= 15 is 0 Å². The van der Waals surface area contributed by atoms with Gasteiger partial charge in [-0.3, -0.25) is 4.79 Å². The fraction of sp³-hybridized carbons (Fsp3) is 0.261. The second-order valence-electron chi connectivity index (χ2n) is 6.73. The van der Waals surface area contributed by atoms with E-state index < -0.39 is 0 Å². The minimum atomic E-state index is -0.190. The number of carbonyl (C=O) groups excluding carboxylic acids is 1. The first-order valence-corrected chi connectivity index (χ1v) is 9.68. The lowest BCUT2D eigenvalue weighted by molar-refractivity contribution is 0.0949. The SMILES string of the molecule is COc1ccc(CCNc2nc(C)cc(C(=O)NCCc3ccccc3)n2)cc1. The maximum atomic E-state index is 12.5. The first-order valence-electron chi connectivity index (χ1n) is 9.68. The Balaban J connectivity index is 1.52. The quantitative estimate of drug-likeness (QED) is 0.585. The number of nitrogens with zero attached hydrogens (tertiary/aromatic N) is 2. The number of aromatic nitrogens is 2. The van der Waals surface area contributed by atoms with Crippen LogP contribution in [0.3, 0.4) is 0 Å². The van der Waals surface area contributed by atoms with Crippen LogP contribution in [0.25, 0.3) is 0 Å². The first-order chi connectivity index (χ1) is 14.1. The molecule has 1 heterocycles. The second-order valence-corrected chi connectivity index (χ2v) is 6.73. The second kappa shape index (κ2) is 10.2. The number of amides is 1. The molecule has 2 aromatic carbocycles. The van der Waals surface area contributed by atoms with E-state index in [-0.39, 0.29) is 5.91 Å². The van der Waals surface area contributed by atoms with E-state index in [1.54, 1.807) is 13.2 Å². The van der Waals surface area contributed by atoms with Gasteiger partial charge in [0.2, 0.25) is 5.95 Å². The Morgan fingerprint density at radius 3 is 2.34 bits per heavy atom. The molecule has 0 spiro atoms. The summed E-state index contributed by atoms with van der Waals surface area (Å²) in [6.07, 6.45) is 1.60. The molecule has 6 heteroatoms. The van der Waals surface area contributed by atoms with Gasteiger partial charge >= 0.3 is 0 Å². The summed E-state index contributed by atoms with van der Waals surface area (Å²) in [4.78, 5) is 21.2. The van der Waals surface area contributed by atoms with E-state index in [1.165, 1.54) is 11.1 Å². The number of hydrogen-bond acceptors (Lipinski definition) is 5. The number of hydrogen-bond donors (Lipinski definition) is 2. The maximum Gasteiger partial charge on any atom is 0.270 e.